The molecule has 1 aliphatic rings. The van der Waals surface area contributed by atoms with Crippen LogP contribution in [-0.2, 0) is 14.8 Å². The minimum Gasteiger partial charge on any atom is -0.481 e. The number of rotatable bonds is 4. The number of hydrogen-bond donors (Lipinski definition) is 1. The van der Waals surface area contributed by atoms with E-state index in [0.717, 1.165) is 18.5 Å². The van der Waals surface area contributed by atoms with Crippen LogP contribution in [0.3, 0.4) is 0 Å². The van der Waals surface area contributed by atoms with Crippen molar-refractivity contribution in [3.63, 3.8) is 0 Å². The van der Waals surface area contributed by atoms with Crippen LogP contribution in [0, 0.1) is 11.2 Å². The van der Waals surface area contributed by atoms with E-state index in [1.807, 2.05) is 0 Å². The molecule has 0 bridgehead atoms. The van der Waals surface area contributed by atoms with Crippen LogP contribution >= 0.6 is 0 Å². The maximum Gasteiger partial charge on any atom is 0.309 e. The minimum absolute atomic E-state index is 0.110. The molecule has 0 aromatic carbocycles. The number of sulfonamides is 1. The van der Waals surface area contributed by atoms with E-state index in [2.05, 4.69) is 4.98 Å². The van der Waals surface area contributed by atoms with Gasteiger partial charge in [0.2, 0.25) is 10.0 Å². The normalized spacial score (nSPS) is 19.3. The predicted octanol–water partition coefficient (Wildman–Crippen LogP) is 1.49. The van der Waals surface area contributed by atoms with Crippen molar-refractivity contribution in [1.29, 1.82) is 0 Å². The molecular weight excluding hydrogens is 299 g/mol. The van der Waals surface area contributed by atoms with E-state index in [9.17, 15) is 22.7 Å². The second-order valence-electron chi connectivity index (χ2n) is 5.18. The van der Waals surface area contributed by atoms with E-state index in [-0.39, 0.29) is 30.8 Å². The highest BCUT2D eigenvalue weighted by Crippen LogP contribution is 2.36. The molecule has 0 spiro atoms. The molecule has 116 valence electrons. The van der Waals surface area contributed by atoms with E-state index in [4.69, 9.17) is 0 Å². The number of carboxylic acids is 1. The quantitative estimate of drug-likeness (QED) is 0.909. The maximum atomic E-state index is 13.1. The first-order valence-corrected chi connectivity index (χ1v) is 8.10. The van der Waals surface area contributed by atoms with Crippen LogP contribution in [0.2, 0.25) is 0 Å². The highest BCUT2D eigenvalue weighted by atomic mass is 32.2. The summed E-state index contributed by atoms with van der Waals surface area (Å²) in [6, 6.07) is 0.918. The SMILES string of the molecule is CCC1(C(=O)O)CCN(S(=O)(=O)c2cncc(F)c2)CC1. The molecule has 1 saturated heterocycles. The number of carbonyl (C=O) groups is 1. The van der Waals surface area contributed by atoms with Gasteiger partial charge in [0.05, 0.1) is 11.6 Å². The number of carboxylic acid groups (broad SMARTS) is 1. The van der Waals surface area contributed by atoms with Crippen molar-refractivity contribution in [2.24, 2.45) is 5.41 Å². The lowest BCUT2D eigenvalue weighted by Gasteiger charge is -2.37. The number of piperidine rings is 1. The Kier molecular flexibility index (Phi) is 4.29. The van der Waals surface area contributed by atoms with Gasteiger partial charge in [0.1, 0.15) is 10.7 Å². The van der Waals surface area contributed by atoms with Gasteiger partial charge in [0.25, 0.3) is 0 Å². The molecule has 21 heavy (non-hydrogen) atoms. The third-order valence-corrected chi connectivity index (χ3v) is 5.99. The highest BCUT2D eigenvalue weighted by molar-refractivity contribution is 7.89. The van der Waals surface area contributed by atoms with Crippen LogP contribution < -0.4 is 0 Å². The summed E-state index contributed by atoms with van der Waals surface area (Å²) >= 11 is 0. The molecule has 1 aliphatic heterocycles. The Bertz CT molecular complexity index is 639. The molecule has 0 atom stereocenters. The van der Waals surface area contributed by atoms with Gasteiger partial charge in [-0.15, -0.1) is 0 Å². The zero-order valence-electron chi connectivity index (χ0n) is 11.6. The molecule has 1 aromatic rings. The molecule has 1 fully saturated rings. The molecule has 0 saturated carbocycles. The van der Waals surface area contributed by atoms with Gasteiger partial charge in [-0.1, -0.05) is 6.92 Å². The smallest absolute Gasteiger partial charge is 0.309 e. The first kappa shape index (κ1) is 15.8. The Morgan fingerprint density at radius 1 is 1.43 bits per heavy atom. The van der Waals surface area contributed by atoms with Crippen LogP contribution in [0.4, 0.5) is 4.39 Å². The summed E-state index contributed by atoms with van der Waals surface area (Å²) in [6.45, 7) is 2.01. The molecular formula is C13H17FN2O4S. The maximum absolute atomic E-state index is 13.1. The zero-order valence-corrected chi connectivity index (χ0v) is 12.4. The molecule has 2 heterocycles. The highest BCUT2D eigenvalue weighted by Gasteiger charge is 2.42. The van der Waals surface area contributed by atoms with Crippen molar-refractivity contribution in [3.8, 4) is 0 Å². The van der Waals surface area contributed by atoms with Gasteiger partial charge in [0, 0.05) is 19.3 Å². The third kappa shape index (κ3) is 2.91. The first-order valence-electron chi connectivity index (χ1n) is 6.66. The van der Waals surface area contributed by atoms with Gasteiger partial charge in [-0.3, -0.25) is 9.78 Å². The topological polar surface area (TPSA) is 87.6 Å². The first-order chi connectivity index (χ1) is 9.82. The van der Waals surface area contributed by atoms with Crippen LogP contribution in [0.1, 0.15) is 26.2 Å². The number of halogens is 1. The average Bonchev–Trinajstić information content (AvgIpc) is 2.47. The summed E-state index contributed by atoms with van der Waals surface area (Å²) in [4.78, 5) is 14.7. The summed E-state index contributed by atoms with van der Waals surface area (Å²) in [7, 11) is -3.83. The van der Waals surface area contributed by atoms with Crippen LogP contribution in [0.5, 0.6) is 0 Å². The number of hydrogen-bond acceptors (Lipinski definition) is 4. The fraction of sp³-hybridized carbons (Fsp3) is 0.538. The lowest BCUT2D eigenvalue weighted by atomic mass is 9.77. The minimum atomic E-state index is -3.83. The fourth-order valence-electron chi connectivity index (χ4n) is 2.56. The lowest BCUT2D eigenvalue weighted by molar-refractivity contribution is -0.151. The van der Waals surface area contributed by atoms with Crippen molar-refractivity contribution in [2.45, 2.75) is 31.1 Å². The molecule has 1 N–H and O–H groups in total. The number of aliphatic carboxylic acids is 1. The van der Waals surface area contributed by atoms with E-state index < -0.39 is 27.2 Å². The van der Waals surface area contributed by atoms with Gasteiger partial charge in [-0.2, -0.15) is 4.31 Å². The summed E-state index contributed by atoms with van der Waals surface area (Å²) in [5, 5.41) is 9.30. The van der Waals surface area contributed by atoms with Crippen LogP contribution in [-0.4, -0.2) is 41.9 Å². The molecule has 8 heteroatoms. The lowest BCUT2D eigenvalue weighted by Crippen LogP contribution is -2.46. The Balaban J connectivity index is 2.20. The van der Waals surface area contributed by atoms with Crippen molar-refractivity contribution in [2.75, 3.05) is 13.1 Å². The standard InChI is InChI=1S/C13H17FN2O4S/c1-2-13(12(17)18)3-5-16(6-4-13)21(19,20)11-7-10(14)8-15-9-11/h7-9H,2-6H2,1H3,(H,17,18). The van der Waals surface area contributed by atoms with Gasteiger partial charge in [-0.25, -0.2) is 12.8 Å². The van der Waals surface area contributed by atoms with Crippen molar-refractivity contribution >= 4 is 16.0 Å². The Morgan fingerprint density at radius 3 is 2.52 bits per heavy atom. The zero-order chi connectivity index (χ0) is 15.7. The van der Waals surface area contributed by atoms with Crippen LogP contribution in [0.25, 0.3) is 0 Å². The fourth-order valence-corrected chi connectivity index (χ4v) is 3.97. The average molecular weight is 316 g/mol. The molecule has 2 rings (SSSR count). The molecule has 6 nitrogen and oxygen atoms in total. The Labute approximate surface area is 122 Å². The van der Waals surface area contributed by atoms with E-state index >= 15 is 0 Å². The Hall–Kier alpha value is -1.54. The third-order valence-electron chi connectivity index (χ3n) is 4.13. The number of aromatic nitrogens is 1. The summed E-state index contributed by atoms with van der Waals surface area (Å²) in [5.41, 5.74) is -0.869. The van der Waals surface area contributed by atoms with E-state index in [0.29, 0.717) is 6.42 Å². The number of pyridine rings is 1. The van der Waals surface area contributed by atoms with Gasteiger partial charge < -0.3 is 5.11 Å². The van der Waals surface area contributed by atoms with Gasteiger partial charge >= 0.3 is 5.97 Å². The van der Waals surface area contributed by atoms with E-state index in [1.165, 1.54) is 4.31 Å². The second kappa shape index (κ2) is 5.69. The van der Waals surface area contributed by atoms with Crippen molar-refractivity contribution < 1.29 is 22.7 Å². The largest absolute Gasteiger partial charge is 0.481 e. The van der Waals surface area contributed by atoms with Crippen LogP contribution in [0.15, 0.2) is 23.4 Å². The Morgan fingerprint density at radius 2 is 2.05 bits per heavy atom. The second-order valence-corrected chi connectivity index (χ2v) is 7.12. The molecule has 0 aliphatic carbocycles. The summed E-state index contributed by atoms with van der Waals surface area (Å²) in [6.07, 6.45) is 2.98. The predicted molar refractivity (Wildman–Crippen MR) is 72.5 cm³/mol. The number of nitrogens with zero attached hydrogens (tertiary/aromatic N) is 2. The monoisotopic (exact) mass is 316 g/mol. The molecule has 1 aromatic heterocycles. The van der Waals surface area contributed by atoms with Gasteiger partial charge in [-0.05, 0) is 25.3 Å². The van der Waals surface area contributed by atoms with Gasteiger partial charge in [0.15, 0.2) is 0 Å². The van der Waals surface area contributed by atoms with E-state index in [1.54, 1.807) is 6.92 Å². The summed E-state index contributed by atoms with van der Waals surface area (Å²) < 4.78 is 39.1. The molecule has 0 radical (unpaired) electrons. The summed E-state index contributed by atoms with van der Waals surface area (Å²) in [5.74, 6) is -1.61. The molecule has 0 amide bonds. The molecule has 0 unspecified atom stereocenters. The van der Waals surface area contributed by atoms with Crippen molar-refractivity contribution in [1.82, 2.24) is 9.29 Å². The van der Waals surface area contributed by atoms with Crippen molar-refractivity contribution in [3.05, 3.63) is 24.3 Å².